The molecule has 5 rings (SSSR count). The van der Waals surface area contributed by atoms with Gasteiger partial charge in [0.05, 0.1) is 24.2 Å². The van der Waals surface area contributed by atoms with E-state index in [1.54, 1.807) is 36.3 Å². The minimum atomic E-state index is -0.145. The lowest BCUT2D eigenvalue weighted by Crippen LogP contribution is -2.54. The Morgan fingerprint density at radius 1 is 1.35 bits per heavy atom. The molecule has 2 atom stereocenters. The van der Waals surface area contributed by atoms with Gasteiger partial charge in [-0.1, -0.05) is 0 Å². The van der Waals surface area contributed by atoms with Crippen LogP contribution in [0.25, 0.3) is 22.1 Å². The van der Waals surface area contributed by atoms with Gasteiger partial charge in [-0.15, -0.1) is 0 Å². The van der Waals surface area contributed by atoms with E-state index < -0.39 is 0 Å². The van der Waals surface area contributed by atoms with Gasteiger partial charge in [-0.2, -0.15) is 5.34 Å². The molecule has 0 saturated carbocycles. The van der Waals surface area contributed by atoms with Gasteiger partial charge < -0.3 is 28.9 Å². The third-order valence-corrected chi connectivity index (χ3v) is 6.54. The molecule has 5 heterocycles. The van der Waals surface area contributed by atoms with E-state index in [9.17, 15) is 15.2 Å². The summed E-state index contributed by atoms with van der Waals surface area (Å²) < 4.78 is 19.2. The van der Waals surface area contributed by atoms with Crippen molar-refractivity contribution in [3.8, 4) is 16.9 Å². The van der Waals surface area contributed by atoms with Crippen molar-refractivity contribution in [2.45, 2.75) is 32.0 Å². The molecule has 182 valence electrons. The van der Waals surface area contributed by atoms with Crippen LogP contribution < -0.4 is 10.3 Å². The van der Waals surface area contributed by atoms with Crippen molar-refractivity contribution in [1.82, 2.24) is 24.8 Å². The molecule has 11 heteroatoms. The van der Waals surface area contributed by atoms with Crippen molar-refractivity contribution in [2.24, 2.45) is 7.05 Å². The number of aryl methyl sites for hydroxylation is 1. The van der Waals surface area contributed by atoms with E-state index in [0.717, 1.165) is 24.2 Å². The van der Waals surface area contributed by atoms with Crippen LogP contribution in [-0.2, 0) is 18.3 Å². The highest BCUT2D eigenvalue weighted by Gasteiger charge is 2.26. The number of aromatic nitrogens is 2. The standard InChI is InChI=1S/C23H28N5O6/c1-15-11-27(28(30)31)7-6-26(15)12-17-9-19-22(34-17)20(13-25(2)23(19)29)18-3-5-24-10-21(18)33-14-16-4-8-32-16/h3,5,9-10,13,15-16,30H,4,6-8,11-12,14H2,1-2H3/q-1/t15-,16-/m1/s1. The largest absolute Gasteiger partial charge is 0.748 e. The number of hydrogen-bond donors (Lipinski definition) is 1. The van der Waals surface area contributed by atoms with Crippen LogP contribution in [0.1, 0.15) is 19.1 Å². The first-order chi connectivity index (χ1) is 16.4. The van der Waals surface area contributed by atoms with Gasteiger partial charge in [0.1, 0.15) is 23.7 Å². The molecule has 0 radical (unpaired) electrons. The Hall–Kier alpha value is -2.80. The predicted octanol–water partition coefficient (Wildman–Crippen LogP) is 1.97. The maximum Gasteiger partial charge on any atom is 0.261 e. The molecular formula is C23H28N5O6-. The normalized spacial score (nSPS) is 21.8. The summed E-state index contributed by atoms with van der Waals surface area (Å²) in [4.78, 5) is 19.3. The highest BCUT2D eigenvalue weighted by atomic mass is 16.8. The van der Waals surface area contributed by atoms with Crippen LogP contribution in [0.5, 0.6) is 5.75 Å². The molecule has 0 spiro atoms. The third kappa shape index (κ3) is 4.45. The maximum absolute atomic E-state index is 12.9. The Labute approximate surface area is 196 Å². The second-order valence-electron chi connectivity index (χ2n) is 8.86. The number of fused-ring (bicyclic) bond motifs is 1. The maximum atomic E-state index is 12.9. The molecule has 0 amide bonds. The zero-order chi connectivity index (χ0) is 23.8. The summed E-state index contributed by atoms with van der Waals surface area (Å²) in [6.07, 6.45) is 6.16. The molecule has 11 nitrogen and oxygen atoms in total. The van der Waals surface area contributed by atoms with Gasteiger partial charge in [-0.3, -0.25) is 14.7 Å². The Balaban J connectivity index is 1.46. The summed E-state index contributed by atoms with van der Waals surface area (Å²) >= 11 is 0. The summed E-state index contributed by atoms with van der Waals surface area (Å²) in [5.41, 5.74) is 1.89. The summed E-state index contributed by atoms with van der Waals surface area (Å²) in [6.45, 7) is 5.04. The van der Waals surface area contributed by atoms with E-state index in [-0.39, 0.29) is 23.0 Å². The molecule has 0 bridgehead atoms. The van der Waals surface area contributed by atoms with Gasteiger partial charge in [0.15, 0.2) is 0 Å². The molecule has 2 aliphatic rings. The van der Waals surface area contributed by atoms with Gasteiger partial charge in [0.25, 0.3) is 5.56 Å². The van der Waals surface area contributed by atoms with Crippen LogP contribution in [0.2, 0.25) is 0 Å². The van der Waals surface area contributed by atoms with Crippen LogP contribution in [0.3, 0.4) is 0 Å². The van der Waals surface area contributed by atoms with Crippen LogP contribution in [-0.4, -0.2) is 75.0 Å². The van der Waals surface area contributed by atoms with E-state index in [1.807, 2.05) is 13.0 Å². The first-order valence-electron chi connectivity index (χ1n) is 11.4. The van der Waals surface area contributed by atoms with Gasteiger partial charge in [0, 0.05) is 69.3 Å². The first kappa shape index (κ1) is 23.0. The average Bonchev–Trinajstić information content (AvgIpc) is 3.21. The van der Waals surface area contributed by atoms with Crippen molar-refractivity contribution in [3.05, 3.63) is 52.0 Å². The number of pyridine rings is 2. The van der Waals surface area contributed by atoms with E-state index >= 15 is 0 Å². The second kappa shape index (κ2) is 9.45. The van der Waals surface area contributed by atoms with Crippen molar-refractivity contribution >= 4 is 11.0 Å². The molecule has 34 heavy (non-hydrogen) atoms. The Morgan fingerprint density at radius 3 is 2.88 bits per heavy atom. The fraction of sp³-hybridized carbons (Fsp3) is 0.478. The van der Waals surface area contributed by atoms with Crippen LogP contribution in [0, 0.1) is 5.21 Å². The quantitative estimate of drug-likeness (QED) is 0.513. The highest BCUT2D eigenvalue weighted by molar-refractivity contribution is 5.93. The lowest BCUT2D eigenvalue weighted by molar-refractivity contribution is -0.223. The summed E-state index contributed by atoms with van der Waals surface area (Å²) in [6, 6.07) is 3.65. The lowest BCUT2D eigenvalue weighted by Gasteiger charge is -2.44. The first-order valence-corrected chi connectivity index (χ1v) is 11.4. The van der Waals surface area contributed by atoms with Crippen LogP contribution in [0.15, 0.2) is 39.9 Å². The predicted molar refractivity (Wildman–Crippen MR) is 123 cm³/mol. The van der Waals surface area contributed by atoms with Gasteiger partial charge in [0.2, 0.25) is 0 Å². The topological polar surface area (TPSA) is 120 Å². The zero-order valence-electron chi connectivity index (χ0n) is 19.2. The van der Waals surface area contributed by atoms with Crippen LogP contribution in [0.4, 0.5) is 0 Å². The fourth-order valence-corrected chi connectivity index (χ4v) is 4.45. The monoisotopic (exact) mass is 470 g/mol. The molecule has 2 saturated heterocycles. The molecule has 0 aromatic carbocycles. The number of nitrogens with zero attached hydrogens (tertiary/aromatic N) is 5. The summed E-state index contributed by atoms with van der Waals surface area (Å²) in [5.74, 6) is 1.26. The minimum Gasteiger partial charge on any atom is -0.748 e. The number of rotatable bonds is 7. The molecule has 0 unspecified atom stereocenters. The number of furan rings is 1. The van der Waals surface area contributed by atoms with Crippen molar-refractivity contribution in [2.75, 3.05) is 32.8 Å². The molecule has 2 fully saturated rings. The Kier molecular flexibility index (Phi) is 6.38. The molecule has 1 N–H and O–H groups in total. The van der Waals surface area contributed by atoms with E-state index in [2.05, 4.69) is 9.88 Å². The Morgan fingerprint density at radius 2 is 2.18 bits per heavy atom. The SMILES string of the molecule is C[C@@H]1CN(N([O-])O)CCN1Cc1cc2c(=O)n(C)cc(-c3ccncc3OC[C@H]3CCO3)c2o1. The fourth-order valence-electron chi connectivity index (χ4n) is 4.45. The smallest absolute Gasteiger partial charge is 0.261 e. The van der Waals surface area contributed by atoms with Crippen molar-refractivity contribution < 1.29 is 19.1 Å². The number of ether oxygens (including phenoxy) is 2. The lowest BCUT2D eigenvalue weighted by atomic mass is 10.1. The van der Waals surface area contributed by atoms with E-state index in [4.69, 9.17) is 13.9 Å². The zero-order valence-corrected chi connectivity index (χ0v) is 19.2. The van der Waals surface area contributed by atoms with Gasteiger partial charge in [-0.05, 0) is 19.1 Å². The molecular weight excluding hydrogens is 442 g/mol. The summed E-state index contributed by atoms with van der Waals surface area (Å²) in [5, 5.41) is 22.1. The number of hydrazine groups is 1. The van der Waals surface area contributed by atoms with E-state index in [1.165, 1.54) is 5.01 Å². The van der Waals surface area contributed by atoms with Gasteiger partial charge >= 0.3 is 0 Å². The van der Waals surface area contributed by atoms with Crippen molar-refractivity contribution in [3.63, 3.8) is 0 Å². The summed E-state index contributed by atoms with van der Waals surface area (Å²) in [7, 11) is 1.72. The van der Waals surface area contributed by atoms with Gasteiger partial charge in [-0.25, -0.2) is 5.01 Å². The van der Waals surface area contributed by atoms with E-state index in [0.29, 0.717) is 55.3 Å². The average molecular weight is 471 g/mol. The number of piperazine rings is 1. The minimum absolute atomic E-state index is 0.0155. The third-order valence-electron chi connectivity index (χ3n) is 6.54. The molecule has 3 aromatic rings. The Bertz CT molecular complexity index is 1220. The molecule has 0 aliphatic carbocycles. The highest BCUT2D eigenvalue weighted by Crippen LogP contribution is 2.35. The van der Waals surface area contributed by atoms with Crippen LogP contribution >= 0.6 is 0 Å². The van der Waals surface area contributed by atoms with Crippen molar-refractivity contribution in [1.29, 1.82) is 0 Å². The number of hydrogen-bond acceptors (Lipinski definition) is 10. The second-order valence-corrected chi connectivity index (χ2v) is 8.86. The molecule has 2 aliphatic heterocycles. The molecule has 3 aromatic heterocycles.